The van der Waals surface area contributed by atoms with E-state index in [2.05, 4.69) is 4.98 Å². The molecule has 0 saturated carbocycles. The lowest BCUT2D eigenvalue weighted by Gasteiger charge is -2.10. The zero-order valence-corrected chi connectivity index (χ0v) is 9.60. The van der Waals surface area contributed by atoms with Crippen molar-refractivity contribution in [3.05, 3.63) is 23.9 Å². The Morgan fingerprint density at radius 2 is 2.07 bits per heavy atom. The van der Waals surface area contributed by atoms with Gasteiger partial charge >= 0.3 is 0 Å². The fraction of sp³-hybridized carbons (Fsp3) is 0.583. The van der Waals surface area contributed by atoms with Crippen molar-refractivity contribution >= 4 is 0 Å². The first kappa shape index (κ1) is 12.0. The average molecular weight is 209 g/mol. The van der Waals surface area contributed by atoms with Crippen molar-refractivity contribution in [2.75, 3.05) is 0 Å². The Kier molecular flexibility index (Phi) is 4.56. The second kappa shape index (κ2) is 5.71. The third-order valence-electron chi connectivity index (χ3n) is 1.96. The number of nitrogens with zero attached hydrogens (tertiary/aromatic N) is 1. The summed E-state index contributed by atoms with van der Waals surface area (Å²) in [5, 5.41) is 9.17. The van der Waals surface area contributed by atoms with E-state index in [0.717, 1.165) is 18.5 Å². The summed E-state index contributed by atoms with van der Waals surface area (Å²) in [5.74, 6) is 0.660. The van der Waals surface area contributed by atoms with Crippen molar-refractivity contribution in [2.45, 2.75) is 45.8 Å². The minimum Gasteiger partial charge on any atom is -0.475 e. The molecule has 0 fully saturated rings. The van der Waals surface area contributed by atoms with Crippen LogP contribution in [0.3, 0.4) is 0 Å². The van der Waals surface area contributed by atoms with E-state index in [9.17, 15) is 0 Å². The first-order valence-corrected chi connectivity index (χ1v) is 5.38. The van der Waals surface area contributed by atoms with Crippen LogP contribution in [0.15, 0.2) is 18.2 Å². The van der Waals surface area contributed by atoms with Crippen LogP contribution in [-0.2, 0) is 6.42 Å². The molecule has 0 spiro atoms. The van der Waals surface area contributed by atoms with Gasteiger partial charge in [0, 0.05) is 11.8 Å². The molecule has 3 heteroatoms. The van der Waals surface area contributed by atoms with Crippen LogP contribution in [0.5, 0.6) is 5.88 Å². The van der Waals surface area contributed by atoms with Gasteiger partial charge in [-0.2, -0.15) is 0 Å². The lowest BCUT2D eigenvalue weighted by Crippen LogP contribution is -2.08. The molecule has 0 aliphatic carbocycles. The quantitative estimate of drug-likeness (QED) is 0.808. The summed E-state index contributed by atoms with van der Waals surface area (Å²) < 4.78 is 5.49. The molecule has 1 atom stereocenters. The molecule has 1 aromatic rings. The average Bonchev–Trinajstić information content (AvgIpc) is 2.14. The molecule has 1 aromatic heterocycles. The maximum Gasteiger partial charge on any atom is 0.213 e. The van der Waals surface area contributed by atoms with Gasteiger partial charge in [-0.25, -0.2) is 4.98 Å². The van der Waals surface area contributed by atoms with Crippen molar-refractivity contribution < 1.29 is 9.84 Å². The molecule has 1 N–H and O–H groups in total. The maximum absolute atomic E-state index is 9.17. The number of ether oxygens (including phenoxy) is 1. The Balaban J connectivity index is 2.57. The smallest absolute Gasteiger partial charge is 0.213 e. The van der Waals surface area contributed by atoms with Gasteiger partial charge in [0.1, 0.15) is 0 Å². The van der Waals surface area contributed by atoms with Gasteiger partial charge in [0.2, 0.25) is 5.88 Å². The molecule has 1 heterocycles. The number of rotatable bonds is 5. The molecule has 0 radical (unpaired) electrons. The van der Waals surface area contributed by atoms with Crippen LogP contribution in [0.25, 0.3) is 0 Å². The summed E-state index contributed by atoms with van der Waals surface area (Å²) in [5.41, 5.74) is 0.967. The minimum atomic E-state index is -0.276. The van der Waals surface area contributed by atoms with Crippen LogP contribution in [0.1, 0.15) is 32.9 Å². The Hall–Kier alpha value is -1.09. The lowest BCUT2D eigenvalue weighted by atomic mass is 10.1. The Labute approximate surface area is 91.1 Å². The molecule has 0 aliphatic heterocycles. The number of pyridine rings is 1. The van der Waals surface area contributed by atoms with Crippen LogP contribution in [0, 0.1) is 0 Å². The molecule has 1 rings (SSSR count). The third-order valence-corrected chi connectivity index (χ3v) is 1.96. The summed E-state index contributed by atoms with van der Waals surface area (Å²) >= 11 is 0. The van der Waals surface area contributed by atoms with Gasteiger partial charge in [-0.1, -0.05) is 6.07 Å². The van der Waals surface area contributed by atoms with Crippen LogP contribution in [-0.4, -0.2) is 22.3 Å². The highest BCUT2D eigenvalue weighted by Crippen LogP contribution is 2.11. The van der Waals surface area contributed by atoms with E-state index in [4.69, 9.17) is 9.84 Å². The molecule has 15 heavy (non-hydrogen) atoms. The number of aryl methyl sites for hydroxylation is 1. The number of hydrogen-bond acceptors (Lipinski definition) is 3. The second-order valence-corrected chi connectivity index (χ2v) is 4.02. The van der Waals surface area contributed by atoms with Gasteiger partial charge in [-0.15, -0.1) is 0 Å². The van der Waals surface area contributed by atoms with Gasteiger partial charge in [0.05, 0.1) is 12.2 Å². The third kappa shape index (κ3) is 4.79. The predicted molar refractivity (Wildman–Crippen MR) is 60.0 cm³/mol. The van der Waals surface area contributed by atoms with Gasteiger partial charge in [-0.3, -0.25) is 0 Å². The molecule has 3 nitrogen and oxygen atoms in total. The molecule has 0 amide bonds. The fourth-order valence-electron chi connectivity index (χ4n) is 1.26. The summed E-state index contributed by atoms with van der Waals surface area (Å²) in [7, 11) is 0. The predicted octanol–water partition coefficient (Wildman–Crippen LogP) is 2.18. The topological polar surface area (TPSA) is 42.4 Å². The molecule has 0 unspecified atom stereocenters. The molecule has 84 valence electrons. The van der Waals surface area contributed by atoms with Crippen molar-refractivity contribution in [2.24, 2.45) is 0 Å². The first-order valence-electron chi connectivity index (χ1n) is 5.38. The van der Waals surface area contributed by atoms with Gasteiger partial charge in [0.15, 0.2) is 0 Å². The lowest BCUT2D eigenvalue weighted by molar-refractivity contribution is 0.184. The highest BCUT2D eigenvalue weighted by atomic mass is 16.5. The molecule has 0 saturated heterocycles. The van der Waals surface area contributed by atoms with E-state index in [0.29, 0.717) is 5.88 Å². The number of aliphatic hydroxyl groups excluding tert-OH is 1. The van der Waals surface area contributed by atoms with E-state index in [-0.39, 0.29) is 12.2 Å². The Bertz CT molecular complexity index is 297. The summed E-state index contributed by atoms with van der Waals surface area (Å²) in [6.07, 6.45) is 1.39. The number of hydrogen-bond donors (Lipinski definition) is 1. The SMILES string of the molecule is CC(C)Oc1cccc(CC[C@@H](C)O)n1. The summed E-state index contributed by atoms with van der Waals surface area (Å²) in [6.45, 7) is 5.74. The van der Waals surface area contributed by atoms with E-state index in [1.54, 1.807) is 6.92 Å². The first-order chi connectivity index (χ1) is 7.08. The van der Waals surface area contributed by atoms with E-state index in [1.807, 2.05) is 32.0 Å². The number of aromatic nitrogens is 1. The summed E-state index contributed by atoms with van der Waals surface area (Å²) in [4.78, 5) is 4.35. The normalized spacial score (nSPS) is 12.9. The van der Waals surface area contributed by atoms with Crippen molar-refractivity contribution in [1.82, 2.24) is 4.98 Å². The van der Waals surface area contributed by atoms with Crippen LogP contribution >= 0.6 is 0 Å². The monoisotopic (exact) mass is 209 g/mol. The second-order valence-electron chi connectivity index (χ2n) is 4.02. The summed E-state index contributed by atoms with van der Waals surface area (Å²) in [6, 6.07) is 5.74. The standard InChI is InChI=1S/C12H19NO2/c1-9(2)15-12-6-4-5-11(13-12)8-7-10(3)14/h4-6,9-10,14H,7-8H2,1-3H3/t10-/m1/s1. The van der Waals surface area contributed by atoms with Crippen LogP contribution in [0.2, 0.25) is 0 Å². The molecule has 0 aliphatic rings. The zero-order chi connectivity index (χ0) is 11.3. The van der Waals surface area contributed by atoms with Crippen molar-refractivity contribution in [3.8, 4) is 5.88 Å². The number of aliphatic hydroxyl groups is 1. The molecular formula is C12H19NO2. The Morgan fingerprint density at radius 3 is 2.67 bits per heavy atom. The highest BCUT2D eigenvalue weighted by molar-refractivity contribution is 5.16. The van der Waals surface area contributed by atoms with Gasteiger partial charge in [0.25, 0.3) is 0 Å². The molecular weight excluding hydrogens is 190 g/mol. The Morgan fingerprint density at radius 1 is 1.33 bits per heavy atom. The fourth-order valence-corrected chi connectivity index (χ4v) is 1.26. The van der Waals surface area contributed by atoms with Crippen LogP contribution in [0.4, 0.5) is 0 Å². The van der Waals surface area contributed by atoms with Gasteiger partial charge < -0.3 is 9.84 Å². The van der Waals surface area contributed by atoms with Crippen LogP contribution < -0.4 is 4.74 Å². The zero-order valence-electron chi connectivity index (χ0n) is 9.60. The van der Waals surface area contributed by atoms with Gasteiger partial charge in [-0.05, 0) is 39.7 Å². The van der Waals surface area contributed by atoms with E-state index >= 15 is 0 Å². The van der Waals surface area contributed by atoms with Crippen molar-refractivity contribution in [1.29, 1.82) is 0 Å². The molecule has 0 bridgehead atoms. The largest absolute Gasteiger partial charge is 0.475 e. The minimum absolute atomic E-state index is 0.143. The maximum atomic E-state index is 9.17. The van der Waals surface area contributed by atoms with E-state index < -0.39 is 0 Å². The van der Waals surface area contributed by atoms with Crippen molar-refractivity contribution in [3.63, 3.8) is 0 Å². The van der Waals surface area contributed by atoms with E-state index in [1.165, 1.54) is 0 Å². The molecule has 0 aromatic carbocycles. The highest BCUT2D eigenvalue weighted by Gasteiger charge is 2.02.